The first-order valence-electron chi connectivity index (χ1n) is 9.93. The second kappa shape index (κ2) is 8.66. The highest BCUT2D eigenvalue weighted by Crippen LogP contribution is 2.39. The molecule has 0 aliphatic heterocycles. The summed E-state index contributed by atoms with van der Waals surface area (Å²) >= 11 is 0. The van der Waals surface area contributed by atoms with E-state index >= 15 is 0 Å². The molecule has 1 aliphatic carbocycles. The maximum Gasteiger partial charge on any atom is 0.146 e. The van der Waals surface area contributed by atoms with E-state index in [4.69, 9.17) is 5.73 Å². The number of hydrogen-bond acceptors (Lipinski definition) is 1. The molecule has 3 heteroatoms. The summed E-state index contributed by atoms with van der Waals surface area (Å²) in [5.41, 5.74) is 7.63. The van der Waals surface area contributed by atoms with Crippen LogP contribution in [0, 0.1) is 17.6 Å². The van der Waals surface area contributed by atoms with Crippen LogP contribution in [-0.2, 0) is 0 Å². The molecule has 3 rings (SSSR count). The summed E-state index contributed by atoms with van der Waals surface area (Å²) in [4.78, 5) is 0. The SMILES string of the molecule is CCCCCC1CCC(c2ccc(-c3ccc(N)c(F)c3)c(F)c2)CC1. The predicted molar refractivity (Wildman–Crippen MR) is 105 cm³/mol. The van der Waals surface area contributed by atoms with Crippen LogP contribution in [0.2, 0.25) is 0 Å². The number of unbranched alkanes of at least 4 members (excludes halogenated alkanes) is 2. The molecule has 0 unspecified atom stereocenters. The third-order valence-corrected chi connectivity index (χ3v) is 5.84. The Morgan fingerprint density at radius 3 is 2.35 bits per heavy atom. The van der Waals surface area contributed by atoms with Crippen LogP contribution in [0.15, 0.2) is 36.4 Å². The van der Waals surface area contributed by atoms with E-state index in [2.05, 4.69) is 6.92 Å². The zero-order valence-electron chi connectivity index (χ0n) is 15.6. The maximum absolute atomic E-state index is 14.7. The van der Waals surface area contributed by atoms with Gasteiger partial charge in [0.15, 0.2) is 0 Å². The van der Waals surface area contributed by atoms with E-state index in [-0.39, 0.29) is 11.5 Å². The van der Waals surface area contributed by atoms with Crippen LogP contribution in [0.5, 0.6) is 0 Å². The van der Waals surface area contributed by atoms with Gasteiger partial charge in [0.05, 0.1) is 5.69 Å². The standard InChI is InChI=1S/C23H29F2N/c1-2-3-4-5-16-6-8-17(9-7-16)18-10-12-20(21(24)14-18)19-11-13-23(26)22(25)15-19/h10-17H,2-9,26H2,1H3. The number of halogens is 2. The summed E-state index contributed by atoms with van der Waals surface area (Å²) in [5, 5.41) is 0. The maximum atomic E-state index is 14.7. The summed E-state index contributed by atoms with van der Waals surface area (Å²) in [7, 11) is 0. The molecule has 0 aromatic heterocycles. The Hall–Kier alpha value is -1.90. The smallest absolute Gasteiger partial charge is 0.146 e. The van der Waals surface area contributed by atoms with E-state index in [1.807, 2.05) is 6.07 Å². The number of nitrogen functional groups attached to an aromatic ring is 1. The molecule has 1 fully saturated rings. The molecule has 1 saturated carbocycles. The van der Waals surface area contributed by atoms with Gasteiger partial charge in [0, 0.05) is 5.56 Å². The monoisotopic (exact) mass is 357 g/mol. The topological polar surface area (TPSA) is 26.0 Å². The van der Waals surface area contributed by atoms with Gasteiger partial charge in [-0.3, -0.25) is 0 Å². The van der Waals surface area contributed by atoms with Crippen LogP contribution < -0.4 is 5.73 Å². The Balaban J connectivity index is 1.66. The molecule has 140 valence electrons. The Morgan fingerprint density at radius 2 is 1.69 bits per heavy atom. The lowest BCUT2D eigenvalue weighted by Crippen LogP contribution is -2.13. The van der Waals surface area contributed by atoms with Crippen LogP contribution in [0.3, 0.4) is 0 Å². The highest BCUT2D eigenvalue weighted by molar-refractivity contribution is 5.67. The summed E-state index contributed by atoms with van der Waals surface area (Å²) in [6.07, 6.45) is 10.1. The molecule has 0 atom stereocenters. The molecule has 0 saturated heterocycles. The second-order valence-corrected chi connectivity index (χ2v) is 7.69. The van der Waals surface area contributed by atoms with Crippen molar-refractivity contribution >= 4 is 5.69 Å². The van der Waals surface area contributed by atoms with Gasteiger partial charge in [0.2, 0.25) is 0 Å². The fourth-order valence-electron chi connectivity index (χ4n) is 4.18. The summed E-state index contributed by atoms with van der Waals surface area (Å²) in [6, 6.07) is 9.88. The van der Waals surface area contributed by atoms with Crippen molar-refractivity contribution in [3.8, 4) is 11.1 Å². The number of anilines is 1. The van der Waals surface area contributed by atoms with E-state index in [1.165, 1.54) is 50.7 Å². The van der Waals surface area contributed by atoms with Crippen molar-refractivity contribution in [2.24, 2.45) is 5.92 Å². The van der Waals surface area contributed by atoms with Crippen LogP contribution in [-0.4, -0.2) is 0 Å². The van der Waals surface area contributed by atoms with Crippen LogP contribution in [0.1, 0.15) is 69.8 Å². The van der Waals surface area contributed by atoms with Crippen molar-refractivity contribution in [3.63, 3.8) is 0 Å². The normalized spacial score (nSPS) is 20.3. The Labute approximate surface area is 155 Å². The van der Waals surface area contributed by atoms with Gasteiger partial charge in [-0.2, -0.15) is 0 Å². The molecule has 0 spiro atoms. The molecular weight excluding hydrogens is 328 g/mol. The highest BCUT2D eigenvalue weighted by Gasteiger charge is 2.23. The van der Waals surface area contributed by atoms with Gasteiger partial charge in [0.1, 0.15) is 11.6 Å². The lowest BCUT2D eigenvalue weighted by Gasteiger charge is -2.29. The van der Waals surface area contributed by atoms with Gasteiger partial charge < -0.3 is 5.73 Å². The average Bonchev–Trinajstić information content (AvgIpc) is 2.65. The van der Waals surface area contributed by atoms with Crippen LogP contribution in [0.4, 0.5) is 14.5 Å². The molecule has 0 heterocycles. The Bertz CT molecular complexity index is 733. The van der Waals surface area contributed by atoms with Crippen molar-refractivity contribution in [2.45, 2.75) is 64.2 Å². The largest absolute Gasteiger partial charge is 0.396 e. The number of nitrogens with two attached hydrogens (primary N) is 1. The molecule has 2 aromatic carbocycles. The van der Waals surface area contributed by atoms with Crippen molar-refractivity contribution < 1.29 is 8.78 Å². The Morgan fingerprint density at radius 1 is 0.923 bits per heavy atom. The Kier molecular flexibility index (Phi) is 6.29. The third-order valence-electron chi connectivity index (χ3n) is 5.84. The van der Waals surface area contributed by atoms with Crippen LogP contribution >= 0.6 is 0 Å². The second-order valence-electron chi connectivity index (χ2n) is 7.69. The first-order chi connectivity index (χ1) is 12.6. The summed E-state index contributed by atoms with van der Waals surface area (Å²) in [6.45, 7) is 2.24. The van der Waals surface area contributed by atoms with Crippen molar-refractivity contribution in [1.29, 1.82) is 0 Å². The highest BCUT2D eigenvalue weighted by atomic mass is 19.1. The van der Waals surface area contributed by atoms with Gasteiger partial charge in [0.25, 0.3) is 0 Å². The molecule has 1 nitrogen and oxygen atoms in total. The lowest BCUT2D eigenvalue weighted by atomic mass is 9.77. The average molecular weight is 357 g/mol. The fraction of sp³-hybridized carbons (Fsp3) is 0.478. The van der Waals surface area contributed by atoms with E-state index in [0.29, 0.717) is 17.0 Å². The number of benzene rings is 2. The summed E-state index contributed by atoms with van der Waals surface area (Å²) < 4.78 is 28.3. The van der Waals surface area contributed by atoms with Crippen molar-refractivity contribution in [3.05, 3.63) is 53.6 Å². The van der Waals surface area contributed by atoms with E-state index < -0.39 is 5.82 Å². The van der Waals surface area contributed by atoms with E-state index in [0.717, 1.165) is 24.3 Å². The third kappa shape index (κ3) is 4.44. The molecular formula is C23H29F2N. The molecule has 2 N–H and O–H groups in total. The molecule has 1 aliphatic rings. The summed E-state index contributed by atoms with van der Waals surface area (Å²) in [5.74, 6) is 0.507. The number of hydrogen-bond donors (Lipinski definition) is 1. The minimum atomic E-state index is -0.507. The van der Waals surface area contributed by atoms with Gasteiger partial charge in [-0.1, -0.05) is 50.8 Å². The van der Waals surface area contributed by atoms with Crippen molar-refractivity contribution in [1.82, 2.24) is 0 Å². The first-order valence-corrected chi connectivity index (χ1v) is 9.93. The molecule has 2 aromatic rings. The van der Waals surface area contributed by atoms with E-state index in [1.54, 1.807) is 18.2 Å². The first kappa shape index (κ1) is 18.9. The predicted octanol–water partition coefficient (Wildman–Crippen LogP) is 7.07. The quantitative estimate of drug-likeness (QED) is 0.434. The number of rotatable bonds is 6. The minimum Gasteiger partial charge on any atom is -0.396 e. The minimum absolute atomic E-state index is 0.0847. The molecule has 0 radical (unpaired) electrons. The fourth-order valence-corrected chi connectivity index (χ4v) is 4.18. The van der Waals surface area contributed by atoms with Gasteiger partial charge in [-0.05, 0) is 66.8 Å². The van der Waals surface area contributed by atoms with Gasteiger partial charge in [-0.25, -0.2) is 8.78 Å². The van der Waals surface area contributed by atoms with Crippen LogP contribution in [0.25, 0.3) is 11.1 Å². The van der Waals surface area contributed by atoms with Crippen molar-refractivity contribution in [2.75, 3.05) is 5.73 Å². The van der Waals surface area contributed by atoms with E-state index in [9.17, 15) is 8.78 Å². The molecule has 26 heavy (non-hydrogen) atoms. The lowest BCUT2D eigenvalue weighted by molar-refractivity contribution is 0.302. The zero-order valence-corrected chi connectivity index (χ0v) is 15.6. The molecule has 0 amide bonds. The zero-order chi connectivity index (χ0) is 18.5. The molecule has 0 bridgehead atoms. The van der Waals surface area contributed by atoms with Gasteiger partial charge in [-0.15, -0.1) is 0 Å². The van der Waals surface area contributed by atoms with Gasteiger partial charge >= 0.3 is 0 Å².